The third-order valence-corrected chi connectivity index (χ3v) is 4.42. The summed E-state index contributed by atoms with van der Waals surface area (Å²) in [4.78, 5) is 13.2. The molecule has 0 saturated carbocycles. The van der Waals surface area contributed by atoms with Gasteiger partial charge in [-0.05, 0) is 19.8 Å². The average molecular weight is 298 g/mol. The zero-order chi connectivity index (χ0) is 11.6. The number of nitrogens with zero attached hydrogens (tertiary/aromatic N) is 1. The molecule has 0 bridgehead atoms. The molecular formula is C9H16BrNO3S. The summed E-state index contributed by atoms with van der Waals surface area (Å²) >= 11 is 3.30. The van der Waals surface area contributed by atoms with Gasteiger partial charge in [0, 0.05) is 18.8 Å². The van der Waals surface area contributed by atoms with Crippen LogP contribution in [-0.2, 0) is 14.6 Å². The number of amides is 1. The van der Waals surface area contributed by atoms with E-state index in [-0.39, 0.29) is 22.5 Å². The molecule has 0 N–H and O–H groups in total. The van der Waals surface area contributed by atoms with Crippen LogP contribution in [0.3, 0.4) is 0 Å². The van der Waals surface area contributed by atoms with Crippen LogP contribution in [0.5, 0.6) is 0 Å². The Hall–Kier alpha value is -0.100. The van der Waals surface area contributed by atoms with Gasteiger partial charge in [0.1, 0.15) is 9.84 Å². The molecule has 1 fully saturated rings. The molecule has 0 aliphatic carbocycles. The fraction of sp³-hybridized carbons (Fsp3) is 0.889. The average Bonchev–Trinajstić information content (AvgIpc) is 2.06. The number of sulfone groups is 1. The first-order valence-electron chi connectivity index (χ1n) is 4.93. The summed E-state index contributed by atoms with van der Waals surface area (Å²) in [6.45, 7) is 2.45. The maximum absolute atomic E-state index is 11.7. The molecule has 1 heterocycles. The van der Waals surface area contributed by atoms with E-state index in [1.165, 1.54) is 6.26 Å². The summed E-state index contributed by atoms with van der Waals surface area (Å²) < 4.78 is 22.2. The SMILES string of the molecule is CC(CS(C)(=O)=O)N1CCCC(Br)C1=O. The van der Waals surface area contributed by atoms with Crippen molar-refractivity contribution in [1.82, 2.24) is 4.90 Å². The minimum Gasteiger partial charge on any atom is -0.338 e. The van der Waals surface area contributed by atoms with E-state index in [1.807, 2.05) is 0 Å². The molecule has 6 heteroatoms. The number of hydrogen-bond donors (Lipinski definition) is 0. The van der Waals surface area contributed by atoms with Crippen molar-refractivity contribution in [3.8, 4) is 0 Å². The highest BCUT2D eigenvalue weighted by atomic mass is 79.9. The molecular weight excluding hydrogens is 282 g/mol. The van der Waals surface area contributed by atoms with Crippen LogP contribution in [0.1, 0.15) is 19.8 Å². The van der Waals surface area contributed by atoms with Gasteiger partial charge in [0.25, 0.3) is 0 Å². The van der Waals surface area contributed by atoms with E-state index >= 15 is 0 Å². The smallest absolute Gasteiger partial charge is 0.236 e. The Balaban J connectivity index is 2.66. The highest BCUT2D eigenvalue weighted by Gasteiger charge is 2.30. The molecule has 0 radical (unpaired) electrons. The van der Waals surface area contributed by atoms with Gasteiger partial charge in [-0.2, -0.15) is 0 Å². The van der Waals surface area contributed by atoms with Crippen LogP contribution in [0, 0.1) is 0 Å². The minimum absolute atomic E-state index is 0.0115. The summed E-state index contributed by atoms with van der Waals surface area (Å²) in [5, 5.41) is 0. The molecule has 88 valence electrons. The lowest BCUT2D eigenvalue weighted by Gasteiger charge is -2.34. The Morgan fingerprint density at radius 2 is 2.20 bits per heavy atom. The molecule has 0 aromatic rings. The summed E-state index contributed by atoms with van der Waals surface area (Å²) in [5.74, 6) is 0.0516. The molecule has 1 amide bonds. The van der Waals surface area contributed by atoms with Crippen LogP contribution >= 0.6 is 15.9 Å². The van der Waals surface area contributed by atoms with Crippen molar-refractivity contribution in [3.05, 3.63) is 0 Å². The van der Waals surface area contributed by atoms with Gasteiger partial charge in [-0.15, -0.1) is 0 Å². The van der Waals surface area contributed by atoms with E-state index in [0.717, 1.165) is 12.8 Å². The molecule has 0 spiro atoms. The van der Waals surface area contributed by atoms with Crippen LogP contribution in [0.2, 0.25) is 0 Å². The molecule has 1 rings (SSSR count). The summed E-state index contributed by atoms with van der Waals surface area (Å²) in [6, 6.07) is -0.229. The van der Waals surface area contributed by atoms with Gasteiger partial charge in [0.05, 0.1) is 10.6 Å². The Kier molecular flexibility index (Phi) is 4.17. The van der Waals surface area contributed by atoms with E-state index < -0.39 is 9.84 Å². The van der Waals surface area contributed by atoms with Crippen molar-refractivity contribution in [2.75, 3.05) is 18.6 Å². The minimum atomic E-state index is -3.02. The number of hydrogen-bond acceptors (Lipinski definition) is 3. The normalized spacial score (nSPS) is 25.4. The van der Waals surface area contributed by atoms with Gasteiger partial charge < -0.3 is 4.90 Å². The molecule has 0 aromatic heterocycles. The second kappa shape index (κ2) is 4.82. The predicted molar refractivity (Wildman–Crippen MR) is 62.8 cm³/mol. The summed E-state index contributed by atoms with van der Waals surface area (Å²) in [6.07, 6.45) is 2.96. The number of piperidine rings is 1. The number of carbonyl (C=O) groups excluding carboxylic acids is 1. The maximum Gasteiger partial charge on any atom is 0.236 e. The van der Waals surface area contributed by atoms with Crippen molar-refractivity contribution in [1.29, 1.82) is 0 Å². The number of likely N-dealkylation sites (tertiary alicyclic amines) is 1. The van der Waals surface area contributed by atoms with Crippen LogP contribution in [0.4, 0.5) is 0 Å². The van der Waals surface area contributed by atoms with E-state index in [0.29, 0.717) is 6.54 Å². The second-order valence-electron chi connectivity index (χ2n) is 4.08. The van der Waals surface area contributed by atoms with Gasteiger partial charge in [0.2, 0.25) is 5.91 Å². The van der Waals surface area contributed by atoms with Crippen LogP contribution in [-0.4, -0.2) is 48.6 Å². The number of halogens is 1. The lowest BCUT2D eigenvalue weighted by atomic mass is 10.1. The van der Waals surface area contributed by atoms with Crippen molar-refractivity contribution in [3.63, 3.8) is 0 Å². The van der Waals surface area contributed by atoms with Gasteiger partial charge in [-0.3, -0.25) is 4.79 Å². The van der Waals surface area contributed by atoms with Crippen LogP contribution < -0.4 is 0 Å². The highest BCUT2D eigenvalue weighted by molar-refractivity contribution is 9.10. The van der Waals surface area contributed by atoms with Gasteiger partial charge in [0.15, 0.2) is 0 Å². The third-order valence-electron chi connectivity index (χ3n) is 2.48. The van der Waals surface area contributed by atoms with Gasteiger partial charge in [-0.1, -0.05) is 15.9 Å². The summed E-state index contributed by atoms with van der Waals surface area (Å²) in [5.41, 5.74) is 0. The topological polar surface area (TPSA) is 54.5 Å². The zero-order valence-corrected chi connectivity index (χ0v) is 11.3. The van der Waals surface area contributed by atoms with Gasteiger partial charge >= 0.3 is 0 Å². The standard InChI is InChI=1S/C9H16BrNO3S/c1-7(6-15(2,13)14)11-5-3-4-8(10)9(11)12/h7-8H,3-6H2,1-2H3. The number of alkyl halides is 1. The maximum atomic E-state index is 11.7. The summed E-state index contributed by atoms with van der Waals surface area (Å²) in [7, 11) is -3.02. The molecule has 1 saturated heterocycles. The number of carbonyl (C=O) groups is 1. The van der Waals surface area contributed by atoms with Crippen molar-refractivity contribution in [2.24, 2.45) is 0 Å². The fourth-order valence-corrected chi connectivity index (χ4v) is 3.46. The molecule has 2 unspecified atom stereocenters. The lowest BCUT2D eigenvalue weighted by Crippen LogP contribution is -2.48. The van der Waals surface area contributed by atoms with Gasteiger partial charge in [-0.25, -0.2) is 8.42 Å². The van der Waals surface area contributed by atoms with E-state index in [2.05, 4.69) is 15.9 Å². The molecule has 2 atom stereocenters. The van der Waals surface area contributed by atoms with Crippen molar-refractivity contribution < 1.29 is 13.2 Å². The first-order chi connectivity index (χ1) is 6.81. The lowest BCUT2D eigenvalue weighted by molar-refractivity contribution is -0.134. The largest absolute Gasteiger partial charge is 0.338 e. The molecule has 15 heavy (non-hydrogen) atoms. The third kappa shape index (κ3) is 3.75. The Morgan fingerprint density at radius 1 is 1.60 bits per heavy atom. The molecule has 1 aliphatic rings. The van der Waals surface area contributed by atoms with E-state index in [1.54, 1.807) is 11.8 Å². The fourth-order valence-electron chi connectivity index (χ4n) is 1.82. The number of rotatable bonds is 3. The Labute approximate surface area is 99.1 Å². The molecule has 4 nitrogen and oxygen atoms in total. The van der Waals surface area contributed by atoms with E-state index in [9.17, 15) is 13.2 Å². The van der Waals surface area contributed by atoms with Crippen molar-refractivity contribution >= 4 is 31.7 Å². The first-order valence-corrected chi connectivity index (χ1v) is 7.91. The second-order valence-corrected chi connectivity index (χ2v) is 7.37. The highest BCUT2D eigenvalue weighted by Crippen LogP contribution is 2.20. The van der Waals surface area contributed by atoms with Crippen LogP contribution in [0.25, 0.3) is 0 Å². The molecule has 1 aliphatic heterocycles. The zero-order valence-electron chi connectivity index (χ0n) is 8.94. The first kappa shape index (κ1) is 13.0. The van der Waals surface area contributed by atoms with Crippen molar-refractivity contribution in [2.45, 2.75) is 30.6 Å². The Morgan fingerprint density at radius 3 is 2.73 bits per heavy atom. The van der Waals surface area contributed by atoms with E-state index in [4.69, 9.17) is 0 Å². The Bertz CT molecular complexity index is 341. The predicted octanol–water partition coefficient (Wildman–Crippen LogP) is 0.805. The van der Waals surface area contributed by atoms with Crippen LogP contribution in [0.15, 0.2) is 0 Å². The molecule has 0 aromatic carbocycles. The monoisotopic (exact) mass is 297 g/mol. The quantitative estimate of drug-likeness (QED) is 0.724.